The lowest BCUT2D eigenvalue weighted by Gasteiger charge is -2.29. The highest BCUT2D eigenvalue weighted by molar-refractivity contribution is 4.81. The van der Waals surface area contributed by atoms with Crippen LogP contribution < -0.4 is 5.73 Å². The van der Waals surface area contributed by atoms with E-state index >= 15 is 0 Å². The molecule has 0 bridgehead atoms. The van der Waals surface area contributed by atoms with E-state index in [4.69, 9.17) is 5.73 Å². The number of nitrogens with zero attached hydrogens (tertiary/aromatic N) is 2. The van der Waals surface area contributed by atoms with Gasteiger partial charge in [0.05, 0.1) is 5.60 Å². The molecule has 1 aliphatic heterocycles. The Bertz CT molecular complexity index is 244. The van der Waals surface area contributed by atoms with Gasteiger partial charge in [-0.15, -0.1) is 0 Å². The average Bonchev–Trinajstić information content (AvgIpc) is 2.85. The fourth-order valence-corrected chi connectivity index (χ4v) is 3.07. The lowest BCUT2D eigenvalue weighted by atomic mass is 9.95. The van der Waals surface area contributed by atoms with Crippen LogP contribution in [0, 0.1) is 0 Å². The first-order valence-electron chi connectivity index (χ1n) is 7.89. The fourth-order valence-electron chi connectivity index (χ4n) is 3.07. The van der Waals surface area contributed by atoms with Gasteiger partial charge in [-0.1, -0.05) is 13.8 Å². The third-order valence-corrected chi connectivity index (χ3v) is 4.65. The zero-order chi connectivity index (χ0) is 14.3. The highest BCUT2D eigenvalue weighted by Crippen LogP contribution is 2.18. The minimum Gasteiger partial charge on any atom is -0.389 e. The molecule has 0 radical (unpaired) electrons. The number of hydrogen-bond acceptors (Lipinski definition) is 4. The molecule has 19 heavy (non-hydrogen) atoms. The van der Waals surface area contributed by atoms with Gasteiger partial charge in [-0.2, -0.15) is 0 Å². The maximum atomic E-state index is 10.2. The van der Waals surface area contributed by atoms with E-state index in [0.29, 0.717) is 6.54 Å². The van der Waals surface area contributed by atoms with Gasteiger partial charge in [0.1, 0.15) is 0 Å². The van der Waals surface area contributed by atoms with E-state index < -0.39 is 5.60 Å². The maximum absolute atomic E-state index is 10.2. The van der Waals surface area contributed by atoms with Gasteiger partial charge in [0.15, 0.2) is 0 Å². The minimum atomic E-state index is -0.649. The molecule has 0 aromatic carbocycles. The molecule has 2 unspecified atom stereocenters. The highest BCUT2D eigenvalue weighted by atomic mass is 16.3. The van der Waals surface area contributed by atoms with Crippen LogP contribution in [0.3, 0.4) is 0 Å². The highest BCUT2D eigenvalue weighted by Gasteiger charge is 2.25. The molecule has 0 aliphatic carbocycles. The molecule has 4 heteroatoms. The Kier molecular flexibility index (Phi) is 7.29. The van der Waals surface area contributed by atoms with Crippen LogP contribution in [0.4, 0.5) is 0 Å². The first-order chi connectivity index (χ1) is 9.04. The molecule has 4 nitrogen and oxygen atoms in total. The summed E-state index contributed by atoms with van der Waals surface area (Å²) in [4.78, 5) is 4.99. The van der Waals surface area contributed by atoms with E-state index in [-0.39, 0.29) is 0 Å². The van der Waals surface area contributed by atoms with Crippen LogP contribution in [0.15, 0.2) is 0 Å². The van der Waals surface area contributed by atoms with Gasteiger partial charge in [-0.05, 0) is 58.8 Å². The number of nitrogens with two attached hydrogens (primary N) is 1. The first kappa shape index (κ1) is 16.9. The normalized spacial score (nSPS) is 24.0. The standard InChI is InChI=1S/C15H33N3O/c1-4-15(19,13-16)9-7-10-17(3)12-14-8-6-11-18(14)5-2/h14,19H,4-13,16H2,1-3H3. The van der Waals surface area contributed by atoms with Crippen LogP contribution >= 0.6 is 0 Å². The SMILES string of the molecule is CCN1CCCC1CN(C)CCCC(O)(CC)CN. The molecule has 114 valence electrons. The molecular formula is C15H33N3O. The van der Waals surface area contributed by atoms with Gasteiger partial charge < -0.3 is 15.7 Å². The van der Waals surface area contributed by atoms with Gasteiger partial charge in [-0.25, -0.2) is 0 Å². The summed E-state index contributed by atoms with van der Waals surface area (Å²) in [5, 5.41) is 10.2. The van der Waals surface area contributed by atoms with Crippen LogP contribution in [0.25, 0.3) is 0 Å². The summed E-state index contributed by atoms with van der Waals surface area (Å²) in [7, 11) is 2.19. The van der Waals surface area contributed by atoms with Gasteiger partial charge in [0.2, 0.25) is 0 Å². The second-order valence-corrected chi connectivity index (χ2v) is 6.07. The number of rotatable bonds is 9. The second kappa shape index (κ2) is 8.20. The lowest BCUT2D eigenvalue weighted by Crippen LogP contribution is -2.40. The summed E-state index contributed by atoms with van der Waals surface area (Å²) in [6, 6.07) is 0.731. The van der Waals surface area contributed by atoms with Crippen molar-refractivity contribution in [3.05, 3.63) is 0 Å². The minimum absolute atomic E-state index is 0.374. The number of likely N-dealkylation sites (tertiary alicyclic amines) is 1. The zero-order valence-electron chi connectivity index (χ0n) is 13.1. The van der Waals surface area contributed by atoms with Gasteiger partial charge in [0.25, 0.3) is 0 Å². The van der Waals surface area contributed by atoms with Gasteiger partial charge >= 0.3 is 0 Å². The van der Waals surface area contributed by atoms with Crippen molar-refractivity contribution < 1.29 is 5.11 Å². The van der Waals surface area contributed by atoms with Gasteiger partial charge in [-0.3, -0.25) is 4.90 Å². The Hall–Kier alpha value is -0.160. The van der Waals surface area contributed by atoms with Crippen molar-refractivity contribution >= 4 is 0 Å². The summed E-state index contributed by atoms with van der Waals surface area (Å²) < 4.78 is 0. The molecule has 1 aliphatic rings. The van der Waals surface area contributed by atoms with Crippen molar-refractivity contribution in [1.29, 1.82) is 0 Å². The Morgan fingerprint density at radius 2 is 2.16 bits per heavy atom. The van der Waals surface area contributed by atoms with E-state index in [0.717, 1.165) is 38.4 Å². The molecule has 0 spiro atoms. The summed E-state index contributed by atoms with van der Waals surface area (Å²) in [6.45, 7) is 9.27. The Balaban J connectivity index is 2.22. The largest absolute Gasteiger partial charge is 0.389 e. The van der Waals surface area contributed by atoms with E-state index in [9.17, 15) is 5.11 Å². The maximum Gasteiger partial charge on any atom is 0.0767 e. The smallest absolute Gasteiger partial charge is 0.0767 e. The predicted molar refractivity (Wildman–Crippen MR) is 81.3 cm³/mol. The predicted octanol–water partition coefficient (Wildman–Crippen LogP) is 1.28. The summed E-state index contributed by atoms with van der Waals surface area (Å²) in [5.74, 6) is 0. The Morgan fingerprint density at radius 3 is 2.74 bits per heavy atom. The lowest BCUT2D eigenvalue weighted by molar-refractivity contribution is 0.0318. The Labute approximate surface area is 118 Å². The molecule has 1 rings (SSSR count). The number of likely N-dealkylation sites (N-methyl/N-ethyl adjacent to an activating group) is 2. The molecule has 0 amide bonds. The van der Waals surface area contributed by atoms with Crippen molar-refractivity contribution in [2.45, 2.75) is 57.6 Å². The summed E-state index contributed by atoms with van der Waals surface area (Å²) in [5.41, 5.74) is 4.98. The zero-order valence-corrected chi connectivity index (χ0v) is 13.1. The molecule has 1 fully saturated rings. The van der Waals surface area contributed by atoms with Crippen LogP contribution in [0.2, 0.25) is 0 Å². The van der Waals surface area contributed by atoms with Crippen molar-refractivity contribution in [3.8, 4) is 0 Å². The van der Waals surface area contributed by atoms with E-state index in [1.54, 1.807) is 0 Å². The molecule has 1 heterocycles. The third kappa shape index (κ3) is 5.38. The molecule has 2 atom stereocenters. The molecule has 0 saturated carbocycles. The number of hydrogen-bond donors (Lipinski definition) is 2. The van der Waals surface area contributed by atoms with Crippen LogP contribution in [0.1, 0.15) is 46.0 Å². The summed E-state index contributed by atoms with van der Waals surface area (Å²) >= 11 is 0. The average molecular weight is 271 g/mol. The monoisotopic (exact) mass is 271 g/mol. The quantitative estimate of drug-likeness (QED) is 0.663. The van der Waals surface area contributed by atoms with Crippen molar-refractivity contribution in [2.24, 2.45) is 5.73 Å². The van der Waals surface area contributed by atoms with Crippen molar-refractivity contribution in [3.63, 3.8) is 0 Å². The van der Waals surface area contributed by atoms with E-state index in [1.807, 2.05) is 6.92 Å². The second-order valence-electron chi connectivity index (χ2n) is 6.07. The molecule has 1 saturated heterocycles. The molecule has 3 N–H and O–H groups in total. The summed E-state index contributed by atoms with van der Waals surface area (Å²) in [6.07, 6.45) is 5.26. The van der Waals surface area contributed by atoms with Gasteiger partial charge in [0, 0.05) is 19.1 Å². The number of aliphatic hydroxyl groups is 1. The van der Waals surface area contributed by atoms with E-state index in [2.05, 4.69) is 23.8 Å². The first-order valence-corrected chi connectivity index (χ1v) is 7.89. The molecular weight excluding hydrogens is 238 g/mol. The molecule has 0 aromatic rings. The molecule has 0 aromatic heterocycles. The van der Waals surface area contributed by atoms with Crippen LogP contribution in [-0.4, -0.2) is 66.3 Å². The third-order valence-electron chi connectivity index (χ3n) is 4.65. The Morgan fingerprint density at radius 1 is 1.42 bits per heavy atom. The van der Waals surface area contributed by atoms with Crippen LogP contribution in [-0.2, 0) is 0 Å². The fraction of sp³-hybridized carbons (Fsp3) is 1.00. The van der Waals surface area contributed by atoms with E-state index in [1.165, 1.54) is 25.9 Å². The van der Waals surface area contributed by atoms with Crippen molar-refractivity contribution in [2.75, 3.05) is 39.8 Å². The topological polar surface area (TPSA) is 52.7 Å². The van der Waals surface area contributed by atoms with Crippen molar-refractivity contribution in [1.82, 2.24) is 9.80 Å². The van der Waals surface area contributed by atoms with Crippen LogP contribution in [0.5, 0.6) is 0 Å².